The number of aromatic nitrogens is 1. The zero-order valence-corrected chi connectivity index (χ0v) is 16.3. The molecule has 0 aliphatic rings. The Morgan fingerprint density at radius 3 is 2.36 bits per heavy atom. The monoisotopic (exact) mass is 394 g/mol. The van der Waals surface area contributed by atoms with Gasteiger partial charge in [-0.05, 0) is 24.5 Å². The molecule has 4 N–H and O–H groups in total. The van der Waals surface area contributed by atoms with Crippen molar-refractivity contribution in [2.45, 2.75) is 38.8 Å². The highest BCUT2D eigenvalue weighted by molar-refractivity contribution is 5.85. The number of carbonyl (C=O) groups is 2. The molecule has 0 aromatic carbocycles. The fourth-order valence-electron chi connectivity index (χ4n) is 2.09. The molecule has 0 aliphatic carbocycles. The molecule has 144 valence electrons. The predicted molar refractivity (Wildman–Crippen MR) is 102 cm³/mol. The van der Waals surface area contributed by atoms with Crippen LogP contribution in [-0.4, -0.2) is 42.1 Å². The van der Waals surface area contributed by atoms with Gasteiger partial charge in [0.15, 0.2) is 0 Å². The van der Waals surface area contributed by atoms with E-state index in [0.29, 0.717) is 13.1 Å². The molecular formula is C16H28Cl2N4O3. The van der Waals surface area contributed by atoms with Gasteiger partial charge in [0.05, 0.1) is 5.54 Å². The Morgan fingerprint density at radius 2 is 1.84 bits per heavy atom. The Bertz CT molecular complexity index is 491. The van der Waals surface area contributed by atoms with E-state index in [9.17, 15) is 9.59 Å². The minimum atomic E-state index is -0.400. The molecule has 0 bridgehead atoms. The molecule has 0 unspecified atom stereocenters. The molecule has 0 atom stereocenters. The van der Waals surface area contributed by atoms with Crippen molar-refractivity contribution < 1.29 is 14.3 Å². The predicted octanol–water partition coefficient (Wildman–Crippen LogP) is 1.19. The molecular weight excluding hydrogens is 367 g/mol. The van der Waals surface area contributed by atoms with Gasteiger partial charge < -0.3 is 21.1 Å². The van der Waals surface area contributed by atoms with Crippen molar-refractivity contribution in [3.8, 4) is 0 Å². The number of hydrogen-bond acceptors (Lipinski definition) is 5. The summed E-state index contributed by atoms with van der Waals surface area (Å²) < 4.78 is 5.14. The summed E-state index contributed by atoms with van der Waals surface area (Å²) in [4.78, 5) is 27.5. The lowest BCUT2D eigenvalue weighted by atomic mass is 9.93. The average Bonchev–Trinajstić information content (AvgIpc) is 2.59. The van der Waals surface area contributed by atoms with Gasteiger partial charge in [0.25, 0.3) is 0 Å². The molecule has 1 rings (SSSR count). The van der Waals surface area contributed by atoms with Gasteiger partial charge in [-0.2, -0.15) is 0 Å². The SMILES string of the molecule is CCC(CC)(CN)NC(=O)COCC(=O)NCc1cccnc1.Cl.Cl. The van der Waals surface area contributed by atoms with Crippen LogP contribution in [-0.2, 0) is 20.9 Å². The first-order chi connectivity index (χ1) is 11.0. The quantitative estimate of drug-likeness (QED) is 0.552. The van der Waals surface area contributed by atoms with Crippen molar-refractivity contribution in [1.82, 2.24) is 15.6 Å². The van der Waals surface area contributed by atoms with Crippen LogP contribution in [0.3, 0.4) is 0 Å². The lowest BCUT2D eigenvalue weighted by Crippen LogP contribution is -2.53. The highest BCUT2D eigenvalue weighted by atomic mass is 35.5. The fourth-order valence-corrected chi connectivity index (χ4v) is 2.09. The van der Waals surface area contributed by atoms with Crippen LogP contribution >= 0.6 is 24.8 Å². The summed E-state index contributed by atoms with van der Waals surface area (Å²) in [6, 6.07) is 3.66. The normalized spacial score (nSPS) is 10.2. The Labute approximate surface area is 161 Å². The van der Waals surface area contributed by atoms with E-state index in [4.69, 9.17) is 10.5 Å². The van der Waals surface area contributed by atoms with Gasteiger partial charge in [0.1, 0.15) is 13.2 Å². The van der Waals surface area contributed by atoms with Crippen LogP contribution in [0.2, 0.25) is 0 Å². The number of nitrogens with zero attached hydrogens (tertiary/aromatic N) is 1. The maximum atomic E-state index is 11.9. The molecule has 9 heteroatoms. The van der Waals surface area contributed by atoms with E-state index in [0.717, 1.165) is 18.4 Å². The zero-order valence-electron chi connectivity index (χ0n) is 14.6. The number of pyridine rings is 1. The third kappa shape index (κ3) is 9.60. The second-order valence-electron chi connectivity index (χ2n) is 5.37. The van der Waals surface area contributed by atoms with Gasteiger partial charge in [0, 0.05) is 25.5 Å². The maximum absolute atomic E-state index is 11.9. The van der Waals surface area contributed by atoms with Crippen LogP contribution < -0.4 is 16.4 Å². The highest BCUT2D eigenvalue weighted by Crippen LogP contribution is 2.12. The van der Waals surface area contributed by atoms with Gasteiger partial charge in [-0.1, -0.05) is 19.9 Å². The van der Waals surface area contributed by atoms with Crippen molar-refractivity contribution in [2.24, 2.45) is 5.73 Å². The van der Waals surface area contributed by atoms with Gasteiger partial charge in [0.2, 0.25) is 11.8 Å². The molecule has 0 saturated carbocycles. The number of nitrogens with one attached hydrogen (secondary N) is 2. The molecule has 25 heavy (non-hydrogen) atoms. The summed E-state index contributed by atoms with van der Waals surface area (Å²) in [6.45, 7) is 4.37. The third-order valence-corrected chi connectivity index (χ3v) is 3.83. The second-order valence-corrected chi connectivity index (χ2v) is 5.37. The Hall–Kier alpha value is -1.41. The van der Waals surface area contributed by atoms with Crippen LogP contribution in [0.1, 0.15) is 32.3 Å². The molecule has 0 saturated heterocycles. The number of nitrogens with two attached hydrogens (primary N) is 1. The Balaban J connectivity index is 0. The number of halogens is 2. The summed E-state index contributed by atoms with van der Waals surface area (Å²) in [5.41, 5.74) is 6.22. The molecule has 0 spiro atoms. The molecule has 1 heterocycles. The Morgan fingerprint density at radius 1 is 1.20 bits per heavy atom. The van der Waals surface area contributed by atoms with Crippen molar-refractivity contribution in [1.29, 1.82) is 0 Å². The van der Waals surface area contributed by atoms with Crippen molar-refractivity contribution >= 4 is 36.6 Å². The van der Waals surface area contributed by atoms with Crippen molar-refractivity contribution in [3.05, 3.63) is 30.1 Å². The van der Waals surface area contributed by atoms with E-state index in [1.54, 1.807) is 18.5 Å². The minimum Gasteiger partial charge on any atom is -0.362 e. The third-order valence-electron chi connectivity index (χ3n) is 3.83. The van der Waals surface area contributed by atoms with Crippen LogP contribution in [0.15, 0.2) is 24.5 Å². The number of ether oxygens (including phenoxy) is 1. The molecule has 0 fully saturated rings. The smallest absolute Gasteiger partial charge is 0.246 e. The summed E-state index contributed by atoms with van der Waals surface area (Å²) in [5.74, 6) is -0.545. The molecule has 0 aliphatic heterocycles. The number of amides is 2. The second kappa shape index (κ2) is 13.8. The van der Waals surface area contributed by atoms with E-state index in [1.807, 2.05) is 19.9 Å². The topological polar surface area (TPSA) is 106 Å². The Kier molecular flexibility index (Phi) is 14.3. The standard InChI is InChI=1S/C16H26N4O3.2ClH/c1-3-16(4-2,12-17)20-15(22)11-23-10-14(21)19-9-13-6-5-7-18-8-13;;/h5-8H,3-4,9-12,17H2,1-2H3,(H,19,21)(H,20,22);2*1H. The molecule has 1 aromatic heterocycles. The van der Waals surface area contributed by atoms with E-state index in [-0.39, 0.29) is 49.8 Å². The number of rotatable bonds is 10. The van der Waals surface area contributed by atoms with Crippen LogP contribution in [0.5, 0.6) is 0 Å². The van der Waals surface area contributed by atoms with Crippen LogP contribution in [0.4, 0.5) is 0 Å². The van der Waals surface area contributed by atoms with E-state index in [1.165, 1.54) is 0 Å². The number of carbonyl (C=O) groups excluding carboxylic acids is 2. The number of hydrogen-bond donors (Lipinski definition) is 3. The highest BCUT2D eigenvalue weighted by Gasteiger charge is 2.26. The first-order valence-electron chi connectivity index (χ1n) is 7.79. The molecule has 7 nitrogen and oxygen atoms in total. The van der Waals surface area contributed by atoms with Gasteiger partial charge >= 0.3 is 0 Å². The van der Waals surface area contributed by atoms with Crippen molar-refractivity contribution in [2.75, 3.05) is 19.8 Å². The van der Waals surface area contributed by atoms with Gasteiger partial charge in [-0.25, -0.2) is 0 Å². The van der Waals surface area contributed by atoms with Gasteiger partial charge in [-0.3, -0.25) is 14.6 Å². The largest absolute Gasteiger partial charge is 0.362 e. The van der Waals surface area contributed by atoms with Crippen LogP contribution in [0, 0.1) is 0 Å². The van der Waals surface area contributed by atoms with E-state index < -0.39 is 5.54 Å². The summed E-state index contributed by atoms with van der Waals surface area (Å²) in [5, 5.41) is 5.58. The van der Waals surface area contributed by atoms with E-state index >= 15 is 0 Å². The minimum absolute atomic E-state index is 0. The summed E-state index contributed by atoms with van der Waals surface area (Å²) in [7, 11) is 0. The average molecular weight is 395 g/mol. The molecule has 0 radical (unpaired) electrons. The first kappa shape index (κ1) is 25.8. The van der Waals surface area contributed by atoms with Gasteiger partial charge in [-0.15, -0.1) is 24.8 Å². The summed E-state index contributed by atoms with van der Waals surface area (Å²) >= 11 is 0. The summed E-state index contributed by atoms with van der Waals surface area (Å²) in [6.07, 6.45) is 4.84. The first-order valence-corrected chi connectivity index (χ1v) is 7.79. The lowest BCUT2D eigenvalue weighted by Gasteiger charge is -2.31. The fraction of sp³-hybridized carbons (Fsp3) is 0.562. The van der Waals surface area contributed by atoms with Crippen molar-refractivity contribution in [3.63, 3.8) is 0 Å². The maximum Gasteiger partial charge on any atom is 0.246 e. The van der Waals surface area contributed by atoms with E-state index in [2.05, 4.69) is 15.6 Å². The van der Waals surface area contributed by atoms with Crippen LogP contribution in [0.25, 0.3) is 0 Å². The molecule has 1 aromatic rings. The zero-order chi connectivity index (χ0) is 17.1. The molecule has 2 amide bonds. The lowest BCUT2D eigenvalue weighted by molar-refractivity contribution is -0.132.